The number of carbonyl (C=O) groups excluding carboxylic acids is 1. The Bertz CT molecular complexity index is 1090. The average molecular weight is 448 g/mol. The molecule has 2 N–H and O–H groups in total. The van der Waals surface area contributed by atoms with E-state index in [0.29, 0.717) is 11.3 Å². The number of hydrogen-bond donors (Lipinski definition) is 2. The van der Waals surface area contributed by atoms with Crippen LogP contribution >= 0.6 is 0 Å². The molecule has 0 saturated heterocycles. The average Bonchev–Trinajstić information content (AvgIpc) is 2.82. The molecule has 0 atom stereocenters. The van der Waals surface area contributed by atoms with Crippen LogP contribution in [-0.4, -0.2) is 37.8 Å². The Hall–Kier alpha value is -3.54. The molecule has 0 bridgehead atoms. The number of esters is 1. The maximum absolute atomic E-state index is 12.9. The van der Waals surface area contributed by atoms with Crippen molar-refractivity contribution in [1.82, 2.24) is 4.98 Å². The number of ether oxygens (including phenoxy) is 2. The van der Waals surface area contributed by atoms with Crippen LogP contribution in [0.5, 0.6) is 5.75 Å². The molecule has 1 aromatic heterocycles. The molecular weight excluding hydrogens is 414 g/mol. The molecule has 0 aliphatic carbocycles. The van der Waals surface area contributed by atoms with Gasteiger partial charge in [-0.1, -0.05) is 19.1 Å². The highest BCUT2D eigenvalue weighted by Crippen LogP contribution is 2.41. The molecule has 0 aliphatic rings. The highest BCUT2D eigenvalue weighted by Gasteiger charge is 2.23. The highest BCUT2D eigenvalue weighted by atomic mass is 16.5. The SMILES string of the molecule is CCCNc1ccc(-c2c(OC)cc(-c3ccc(NC(C)C)nc3)c(C(=O)OC)c2C)cc1. The molecule has 0 amide bonds. The third-order valence-corrected chi connectivity index (χ3v) is 5.41. The number of anilines is 2. The van der Waals surface area contributed by atoms with Crippen LogP contribution in [0.15, 0.2) is 48.7 Å². The van der Waals surface area contributed by atoms with E-state index in [1.54, 1.807) is 13.3 Å². The molecule has 0 fully saturated rings. The van der Waals surface area contributed by atoms with Gasteiger partial charge in [-0.25, -0.2) is 9.78 Å². The minimum absolute atomic E-state index is 0.277. The van der Waals surface area contributed by atoms with Gasteiger partial charge in [0.2, 0.25) is 0 Å². The van der Waals surface area contributed by atoms with Crippen molar-refractivity contribution in [2.45, 2.75) is 40.2 Å². The van der Waals surface area contributed by atoms with E-state index in [0.717, 1.165) is 52.3 Å². The van der Waals surface area contributed by atoms with Gasteiger partial charge in [0.25, 0.3) is 0 Å². The van der Waals surface area contributed by atoms with Crippen molar-refractivity contribution in [3.8, 4) is 28.0 Å². The van der Waals surface area contributed by atoms with Crippen molar-refractivity contribution in [3.05, 3.63) is 59.8 Å². The maximum Gasteiger partial charge on any atom is 0.338 e. The molecule has 6 heteroatoms. The molecule has 3 rings (SSSR count). The van der Waals surface area contributed by atoms with Gasteiger partial charge in [-0.3, -0.25) is 0 Å². The predicted molar refractivity (Wildman–Crippen MR) is 135 cm³/mol. The smallest absolute Gasteiger partial charge is 0.338 e. The zero-order chi connectivity index (χ0) is 24.0. The van der Waals surface area contributed by atoms with Gasteiger partial charge in [-0.15, -0.1) is 0 Å². The summed E-state index contributed by atoms with van der Waals surface area (Å²) in [6, 6.07) is 14.2. The number of carbonyl (C=O) groups is 1. The van der Waals surface area contributed by atoms with E-state index < -0.39 is 5.97 Å². The quantitative estimate of drug-likeness (QED) is 0.383. The first-order valence-corrected chi connectivity index (χ1v) is 11.3. The topological polar surface area (TPSA) is 72.5 Å². The Balaban J connectivity index is 2.13. The monoisotopic (exact) mass is 447 g/mol. The van der Waals surface area contributed by atoms with Crippen LogP contribution in [0.1, 0.15) is 43.1 Å². The van der Waals surface area contributed by atoms with Crippen molar-refractivity contribution in [1.29, 1.82) is 0 Å². The lowest BCUT2D eigenvalue weighted by molar-refractivity contribution is 0.0601. The van der Waals surface area contributed by atoms with Crippen molar-refractivity contribution in [2.24, 2.45) is 0 Å². The fourth-order valence-corrected chi connectivity index (χ4v) is 3.86. The summed E-state index contributed by atoms with van der Waals surface area (Å²) in [6.07, 6.45) is 2.82. The molecule has 6 nitrogen and oxygen atoms in total. The lowest BCUT2D eigenvalue weighted by Crippen LogP contribution is -2.11. The van der Waals surface area contributed by atoms with Gasteiger partial charge >= 0.3 is 5.97 Å². The second-order valence-corrected chi connectivity index (χ2v) is 8.23. The number of benzene rings is 2. The van der Waals surface area contributed by atoms with E-state index in [9.17, 15) is 4.79 Å². The molecular formula is C27H33N3O3. The van der Waals surface area contributed by atoms with Crippen LogP contribution in [-0.2, 0) is 4.74 Å². The molecule has 0 aliphatic heterocycles. The molecule has 0 unspecified atom stereocenters. The van der Waals surface area contributed by atoms with Gasteiger partial charge in [0.05, 0.1) is 19.8 Å². The number of nitrogens with zero attached hydrogens (tertiary/aromatic N) is 1. The number of rotatable bonds is 9. The van der Waals surface area contributed by atoms with Crippen LogP contribution in [0.3, 0.4) is 0 Å². The van der Waals surface area contributed by atoms with Gasteiger partial charge in [0.1, 0.15) is 11.6 Å². The normalized spacial score (nSPS) is 10.8. The van der Waals surface area contributed by atoms with Gasteiger partial charge < -0.3 is 20.1 Å². The lowest BCUT2D eigenvalue weighted by atomic mass is 9.89. The second-order valence-electron chi connectivity index (χ2n) is 8.23. The Morgan fingerprint density at radius 3 is 2.30 bits per heavy atom. The molecule has 33 heavy (non-hydrogen) atoms. The molecule has 174 valence electrons. The van der Waals surface area contributed by atoms with E-state index in [1.165, 1.54) is 7.11 Å². The fourth-order valence-electron chi connectivity index (χ4n) is 3.86. The largest absolute Gasteiger partial charge is 0.496 e. The van der Waals surface area contributed by atoms with E-state index in [2.05, 4.69) is 36.4 Å². The summed E-state index contributed by atoms with van der Waals surface area (Å²) in [5.74, 6) is 1.08. The highest BCUT2D eigenvalue weighted by molar-refractivity contribution is 6.02. The number of pyridine rings is 1. The van der Waals surface area contributed by atoms with Crippen molar-refractivity contribution in [3.63, 3.8) is 0 Å². The van der Waals surface area contributed by atoms with Gasteiger partial charge in [0, 0.05) is 41.2 Å². The summed E-state index contributed by atoms with van der Waals surface area (Å²) in [7, 11) is 3.04. The first-order chi connectivity index (χ1) is 15.9. The van der Waals surface area contributed by atoms with Crippen LogP contribution in [0.4, 0.5) is 11.5 Å². The molecule has 3 aromatic rings. The number of aromatic nitrogens is 1. The molecule has 2 aromatic carbocycles. The third-order valence-electron chi connectivity index (χ3n) is 5.41. The van der Waals surface area contributed by atoms with Crippen LogP contribution in [0, 0.1) is 6.92 Å². The standard InChI is InChI=1S/C27H33N3O3/c1-7-14-28-21-11-8-19(9-12-21)25-18(4)26(27(31)33-6)22(15-23(25)32-5)20-10-13-24(29-16-20)30-17(2)3/h8-13,15-17,28H,7,14H2,1-6H3,(H,29,30). The summed E-state index contributed by atoms with van der Waals surface area (Å²) in [4.78, 5) is 17.4. The second kappa shape index (κ2) is 10.9. The minimum Gasteiger partial charge on any atom is -0.496 e. The zero-order valence-corrected chi connectivity index (χ0v) is 20.3. The summed E-state index contributed by atoms with van der Waals surface area (Å²) < 4.78 is 10.9. The van der Waals surface area contributed by atoms with Crippen LogP contribution in [0.2, 0.25) is 0 Å². The Labute approximate surface area is 196 Å². The fraction of sp³-hybridized carbons (Fsp3) is 0.333. The van der Waals surface area contributed by atoms with Crippen LogP contribution in [0.25, 0.3) is 22.3 Å². The summed E-state index contributed by atoms with van der Waals surface area (Å²) in [5, 5.41) is 6.67. The number of methoxy groups -OCH3 is 2. The zero-order valence-electron chi connectivity index (χ0n) is 20.3. The van der Waals surface area contributed by atoms with E-state index >= 15 is 0 Å². The summed E-state index contributed by atoms with van der Waals surface area (Å²) in [6.45, 7) is 9.10. The lowest BCUT2D eigenvalue weighted by Gasteiger charge is -2.19. The van der Waals surface area contributed by atoms with E-state index in [-0.39, 0.29) is 6.04 Å². The number of nitrogens with one attached hydrogen (secondary N) is 2. The van der Waals surface area contributed by atoms with Gasteiger partial charge in [-0.2, -0.15) is 0 Å². The Kier molecular flexibility index (Phi) is 7.93. The van der Waals surface area contributed by atoms with Crippen molar-refractivity contribution >= 4 is 17.5 Å². The number of hydrogen-bond acceptors (Lipinski definition) is 6. The minimum atomic E-state index is -0.392. The van der Waals surface area contributed by atoms with Gasteiger partial charge in [0.15, 0.2) is 0 Å². The summed E-state index contributed by atoms with van der Waals surface area (Å²) >= 11 is 0. The predicted octanol–water partition coefficient (Wildman–Crippen LogP) is 6.16. The maximum atomic E-state index is 12.9. The van der Waals surface area contributed by atoms with Crippen molar-refractivity contribution < 1.29 is 14.3 Å². The Morgan fingerprint density at radius 2 is 1.76 bits per heavy atom. The third kappa shape index (κ3) is 5.45. The first-order valence-electron chi connectivity index (χ1n) is 11.3. The van der Waals surface area contributed by atoms with Crippen LogP contribution < -0.4 is 15.4 Å². The molecule has 1 heterocycles. The van der Waals surface area contributed by atoms with E-state index in [4.69, 9.17) is 9.47 Å². The molecule has 0 radical (unpaired) electrons. The first kappa shape index (κ1) is 24.1. The summed E-state index contributed by atoms with van der Waals surface area (Å²) in [5.41, 5.74) is 5.75. The van der Waals surface area contributed by atoms with E-state index in [1.807, 2.05) is 49.4 Å². The molecule has 0 spiro atoms. The van der Waals surface area contributed by atoms with Gasteiger partial charge in [-0.05, 0) is 68.7 Å². The Morgan fingerprint density at radius 1 is 1.06 bits per heavy atom. The van der Waals surface area contributed by atoms with Crippen molar-refractivity contribution in [2.75, 3.05) is 31.4 Å². The molecule has 0 saturated carbocycles.